The van der Waals surface area contributed by atoms with E-state index in [2.05, 4.69) is 6.92 Å². The van der Waals surface area contributed by atoms with Gasteiger partial charge in [0, 0.05) is 6.54 Å². The fraction of sp³-hybridized carbons (Fsp3) is 0.562. The number of rotatable bonds is 7. The van der Waals surface area contributed by atoms with Crippen LogP contribution in [0.2, 0.25) is 0 Å². The Morgan fingerprint density at radius 2 is 2.24 bits per heavy atom. The molecule has 5 nitrogen and oxygen atoms in total. The molecule has 1 fully saturated rings. The number of carboxylic acids is 1. The molecule has 2 rings (SSSR count). The lowest BCUT2D eigenvalue weighted by molar-refractivity contribution is -0.142. The molecule has 0 aromatic heterocycles. The molecule has 1 aliphatic heterocycles. The molecule has 1 aromatic carbocycles. The predicted molar refractivity (Wildman–Crippen MR) is 79.8 cm³/mol. The highest BCUT2D eigenvalue weighted by Gasteiger charge is 2.30. The number of hydrogen-bond acceptors (Lipinski definition) is 4. The molecule has 0 radical (unpaired) electrons. The van der Waals surface area contributed by atoms with E-state index >= 15 is 0 Å². The quantitative estimate of drug-likeness (QED) is 0.837. The summed E-state index contributed by atoms with van der Waals surface area (Å²) in [6.07, 6.45) is 2.59. The van der Waals surface area contributed by atoms with E-state index in [0.717, 1.165) is 37.1 Å². The summed E-state index contributed by atoms with van der Waals surface area (Å²) in [5.41, 5.74) is 1.05. The average Bonchev–Trinajstić information content (AvgIpc) is 2.93. The van der Waals surface area contributed by atoms with Crippen molar-refractivity contribution in [3.63, 3.8) is 0 Å². The number of nitrogens with zero attached hydrogens (tertiary/aromatic N) is 1. The highest BCUT2D eigenvalue weighted by atomic mass is 16.5. The second-order valence-electron chi connectivity index (χ2n) is 5.30. The normalized spacial score (nSPS) is 18.7. The lowest BCUT2D eigenvalue weighted by atomic mass is 10.1. The van der Waals surface area contributed by atoms with E-state index in [1.54, 1.807) is 7.11 Å². The average molecular weight is 293 g/mol. The van der Waals surface area contributed by atoms with Gasteiger partial charge >= 0.3 is 5.97 Å². The maximum Gasteiger partial charge on any atom is 0.320 e. The molecule has 0 aliphatic carbocycles. The minimum Gasteiger partial charge on any atom is -0.493 e. The van der Waals surface area contributed by atoms with Crippen LogP contribution in [-0.4, -0.2) is 42.3 Å². The SMILES string of the molecule is CCCOc1cc(CN2CCC[C@H]2C(=O)O)ccc1OC. The van der Waals surface area contributed by atoms with Crippen LogP contribution >= 0.6 is 0 Å². The first-order valence-corrected chi connectivity index (χ1v) is 7.42. The van der Waals surface area contributed by atoms with Gasteiger partial charge in [-0.3, -0.25) is 9.69 Å². The van der Waals surface area contributed by atoms with Crippen molar-refractivity contribution >= 4 is 5.97 Å². The standard InChI is InChI=1S/C16H23NO4/c1-3-9-21-15-10-12(6-7-14(15)20-2)11-17-8-4-5-13(17)16(18)19/h6-7,10,13H,3-5,8-9,11H2,1-2H3,(H,18,19)/t13-/m0/s1. The maximum absolute atomic E-state index is 11.2. The third-order valence-corrected chi connectivity index (χ3v) is 3.72. The first-order valence-electron chi connectivity index (χ1n) is 7.42. The molecular weight excluding hydrogens is 270 g/mol. The summed E-state index contributed by atoms with van der Waals surface area (Å²) in [7, 11) is 1.62. The van der Waals surface area contributed by atoms with Crippen molar-refractivity contribution in [3.05, 3.63) is 23.8 Å². The number of hydrogen-bond donors (Lipinski definition) is 1. The number of ether oxygens (including phenoxy) is 2. The Labute approximate surface area is 125 Å². The van der Waals surface area contributed by atoms with E-state index in [4.69, 9.17) is 9.47 Å². The Bertz CT molecular complexity index is 489. The molecule has 0 unspecified atom stereocenters. The number of methoxy groups -OCH3 is 1. The zero-order chi connectivity index (χ0) is 15.2. The van der Waals surface area contributed by atoms with Crippen molar-refractivity contribution in [3.8, 4) is 11.5 Å². The largest absolute Gasteiger partial charge is 0.493 e. The van der Waals surface area contributed by atoms with Crippen molar-refractivity contribution in [2.24, 2.45) is 0 Å². The molecule has 1 saturated heterocycles. The Hall–Kier alpha value is -1.75. The molecule has 0 bridgehead atoms. The molecule has 1 aromatic rings. The number of likely N-dealkylation sites (tertiary alicyclic amines) is 1. The summed E-state index contributed by atoms with van der Waals surface area (Å²) >= 11 is 0. The second kappa shape index (κ2) is 7.31. The molecular formula is C16H23NO4. The summed E-state index contributed by atoms with van der Waals surface area (Å²) in [6.45, 7) is 4.15. The van der Waals surface area contributed by atoms with Crippen LogP contribution in [0.5, 0.6) is 11.5 Å². The van der Waals surface area contributed by atoms with Gasteiger partial charge in [-0.05, 0) is 43.5 Å². The molecule has 1 aliphatic rings. The third kappa shape index (κ3) is 3.88. The first-order chi connectivity index (χ1) is 10.2. The molecule has 1 N–H and O–H groups in total. The Kier molecular flexibility index (Phi) is 5.44. The maximum atomic E-state index is 11.2. The monoisotopic (exact) mass is 293 g/mol. The fourth-order valence-corrected chi connectivity index (χ4v) is 2.67. The van der Waals surface area contributed by atoms with Crippen LogP contribution in [0.25, 0.3) is 0 Å². The van der Waals surface area contributed by atoms with Gasteiger partial charge in [-0.2, -0.15) is 0 Å². The Morgan fingerprint density at radius 3 is 2.90 bits per heavy atom. The van der Waals surface area contributed by atoms with Crippen molar-refractivity contribution in [1.29, 1.82) is 0 Å². The van der Waals surface area contributed by atoms with Crippen LogP contribution in [0, 0.1) is 0 Å². The van der Waals surface area contributed by atoms with E-state index in [9.17, 15) is 9.90 Å². The van der Waals surface area contributed by atoms with Gasteiger partial charge in [0.2, 0.25) is 0 Å². The second-order valence-corrected chi connectivity index (χ2v) is 5.30. The molecule has 1 atom stereocenters. The van der Waals surface area contributed by atoms with Gasteiger partial charge in [-0.1, -0.05) is 13.0 Å². The topological polar surface area (TPSA) is 59.0 Å². The van der Waals surface area contributed by atoms with Crippen LogP contribution in [0.3, 0.4) is 0 Å². The van der Waals surface area contributed by atoms with Crippen LogP contribution < -0.4 is 9.47 Å². The van der Waals surface area contributed by atoms with Crippen molar-refractivity contribution < 1.29 is 19.4 Å². The van der Waals surface area contributed by atoms with Gasteiger partial charge in [0.05, 0.1) is 13.7 Å². The zero-order valence-electron chi connectivity index (χ0n) is 12.7. The number of benzene rings is 1. The van der Waals surface area contributed by atoms with Crippen molar-refractivity contribution in [1.82, 2.24) is 4.90 Å². The molecule has 0 saturated carbocycles. The zero-order valence-corrected chi connectivity index (χ0v) is 12.7. The van der Waals surface area contributed by atoms with Crippen LogP contribution in [0.1, 0.15) is 31.7 Å². The fourth-order valence-electron chi connectivity index (χ4n) is 2.67. The van der Waals surface area contributed by atoms with Crippen molar-refractivity contribution in [2.75, 3.05) is 20.3 Å². The summed E-state index contributed by atoms with van der Waals surface area (Å²) in [5, 5.41) is 9.23. The third-order valence-electron chi connectivity index (χ3n) is 3.72. The predicted octanol–water partition coefficient (Wildman–Crippen LogP) is 2.53. The lowest BCUT2D eigenvalue weighted by Crippen LogP contribution is -2.35. The highest BCUT2D eigenvalue weighted by Crippen LogP contribution is 2.30. The van der Waals surface area contributed by atoms with Gasteiger partial charge < -0.3 is 14.6 Å². The number of aliphatic carboxylic acids is 1. The van der Waals surface area contributed by atoms with Gasteiger partial charge in [0.15, 0.2) is 11.5 Å². The molecule has 21 heavy (non-hydrogen) atoms. The van der Waals surface area contributed by atoms with Gasteiger partial charge in [0.1, 0.15) is 6.04 Å². The van der Waals surface area contributed by atoms with Gasteiger partial charge in [-0.25, -0.2) is 0 Å². The van der Waals surface area contributed by atoms with E-state index in [1.165, 1.54) is 0 Å². The van der Waals surface area contributed by atoms with Crippen LogP contribution in [0.15, 0.2) is 18.2 Å². The molecule has 116 valence electrons. The lowest BCUT2D eigenvalue weighted by Gasteiger charge is -2.21. The van der Waals surface area contributed by atoms with Crippen LogP contribution in [-0.2, 0) is 11.3 Å². The molecule has 5 heteroatoms. The van der Waals surface area contributed by atoms with Crippen LogP contribution in [0.4, 0.5) is 0 Å². The first kappa shape index (κ1) is 15.6. The Balaban J connectivity index is 2.11. The Morgan fingerprint density at radius 1 is 1.43 bits per heavy atom. The summed E-state index contributed by atoms with van der Waals surface area (Å²) in [5.74, 6) is 0.704. The van der Waals surface area contributed by atoms with E-state index < -0.39 is 5.97 Å². The van der Waals surface area contributed by atoms with Gasteiger partial charge in [0.25, 0.3) is 0 Å². The molecule has 1 heterocycles. The van der Waals surface area contributed by atoms with E-state index in [-0.39, 0.29) is 6.04 Å². The smallest absolute Gasteiger partial charge is 0.320 e. The highest BCUT2D eigenvalue weighted by molar-refractivity contribution is 5.73. The minimum atomic E-state index is -0.733. The number of carbonyl (C=O) groups is 1. The van der Waals surface area contributed by atoms with Gasteiger partial charge in [-0.15, -0.1) is 0 Å². The van der Waals surface area contributed by atoms with E-state index in [0.29, 0.717) is 18.9 Å². The minimum absolute atomic E-state index is 0.368. The number of carboxylic acid groups (broad SMARTS) is 1. The molecule has 0 amide bonds. The summed E-state index contributed by atoms with van der Waals surface area (Å²) in [6, 6.07) is 5.43. The summed E-state index contributed by atoms with van der Waals surface area (Å²) < 4.78 is 11.0. The molecule has 0 spiro atoms. The van der Waals surface area contributed by atoms with Crippen molar-refractivity contribution in [2.45, 2.75) is 38.8 Å². The van der Waals surface area contributed by atoms with E-state index in [1.807, 2.05) is 23.1 Å². The summed E-state index contributed by atoms with van der Waals surface area (Å²) in [4.78, 5) is 13.2.